The molecule has 0 aliphatic heterocycles. The van der Waals surface area contributed by atoms with Crippen molar-refractivity contribution in [1.29, 1.82) is 0 Å². The van der Waals surface area contributed by atoms with Gasteiger partial charge in [-0.3, -0.25) is 4.79 Å². The second kappa shape index (κ2) is 5.06. The number of halogens is 1. The van der Waals surface area contributed by atoms with Crippen molar-refractivity contribution >= 4 is 5.97 Å². The van der Waals surface area contributed by atoms with Crippen molar-refractivity contribution in [1.82, 2.24) is 4.90 Å². The van der Waals surface area contributed by atoms with Crippen LogP contribution in [0.15, 0.2) is 24.3 Å². The summed E-state index contributed by atoms with van der Waals surface area (Å²) in [4.78, 5) is 13.1. The minimum absolute atomic E-state index is 0.227. The van der Waals surface area contributed by atoms with Crippen molar-refractivity contribution in [2.75, 3.05) is 20.1 Å². The topological polar surface area (TPSA) is 40.5 Å². The van der Waals surface area contributed by atoms with Crippen molar-refractivity contribution in [3.8, 4) is 0 Å². The Morgan fingerprint density at radius 2 is 2.00 bits per heavy atom. The van der Waals surface area contributed by atoms with Crippen LogP contribution in [0.1, 0.15) is 18.4 Å². The van der Waals surface area contributed by atoms with Gasteiger partial charge in [0.1, 0.15) is 5.82 Å². The number of hydrogen-bond donors (Lipinski definition) is 1. The summed E-state index contributed by atoms with van der Waals surface area (Å²) >= 11 is 0. The summed E-state index contributed by atoms with van der Waals surface area (Å²) in [6.07, 6.45) is 2.37. The van der Waals surface area contributed by atoms with Crippen molar-refractivity contribution in [2.24, 2.45) is 5.41 Å². The van der Waals surface area contributed by atoms with Gasteiger partial charge in [0.15, 0.2) is 0 Å². The number of rotatable bonds is 6. The maximum Gasteiger partial charge on any atom is 0.310 e. The lowest BCUT2D eigenvalue weighted by atomic mass is 10.1. The molecule has 1 N–H and O–H groups in total. The average molecular weight is 251 g/mol. The standard InChI is InChI=1S/C14H18FNO2/c1-16(10-14(7-8-14)13(17)18)9-6-11-2-4-12(15)5-3-11/h2-5H,6-10H2,1H3,(H,17,18). The van der Waals surface area contributed by atoms with Gasteiger partial charge in [-0.15, -0.1) is 0 Å². The largest absolute Gasteiger partial charge is 0.481 e. The summed E-state index contributed by atoms with van der Waals surface area (Å²) in [5, 5.41) is 9.10. The van der Waals surface area contributed by atoms with E-state index in [1.807, 2.05) is 11.9 Å². The molecule has 0 amide bonds. The molecule has 1 saturated carbocycles. The molecular formula is C14H18FNO2. The molecule has 1 aromatic rings. The Hall–Kier alpha value is -1.42. The van der Waals surface area contributed by atoms with Crippen LogP contribution in [0, 0.1) is 11.2 Å². The first kappa shape index (κ1) is 13.0. The molecule has 0 bridgehead atoms. The molecule has 0 atom stereocenters. The molecule has 0 heterocycles. The monoisotopic (exact) mass is 251 g/mol. The first-order chi connectivity index (χ1) is 8.52. The minimum Gasteiger partial charge on any atom is -0.481 e. The van der Waals surface area contributed by atoms with Gasteiger partial charge in [0.05, 0.1) is 5.41 Å². The van der Waals surface area contributed by atoms with E-state index in [2.05, 4.69) is 0 Å². The molecule has 2 rings (SSSR count). The van der Waals surface area contributed by atoms with Crippen LogP contribution < -0.4 is 0 Å². The van der Waals surface area contributed by atoms with Crippen LogP contribution in [0.3, 0.4) is 0 Å². The van der Waals surface area contributed by atoms with E-state index in [-0.39, 0.29) is 5.82 Å². The fourth-order valence-electron chi connectivity index (χ4n) is 2.16. The average Bonchev–Trinajstić information content (AvgIpc) is 3.09. The zero-order chi connectivity index (χ0) is 13.2. The lowest BCUT2D eigenvalue weighted by Gasteiger charge is -2.20. The van der Waals surface area contributed by atoms with Crippen molar-refractivity contribution < 1.29 is 14.3 Å². The predicted molar refractivity (Wildman–Crippen MR) is 66.9 cm³/mol. The molecule has 18 heavy (non-hydrogen) atoms. The highest BCUT2D eigenvalue weighted by Gasteiger charge is 2.50. The lowest BCUT2D eigenvalue weighted by Crippen LogP contribution is -2.33. The summed E-state index contributed by atoms with van der Waals surface area (Å²) in [5.74, 6) is -0.911. The summed E-state index contributed by atoms with van der Waals surface area (Å²) in [6.45, 7) is 1.39. The van der Waals surface area contributed by atoms with Gasteiger partial charge in [-0.05, 0) is 44.0 Å². The first-order valence-electron chi connectivity index (χ1n) is 6.18. The summed E-state index contributed by atoms with van der Waals surface area (Å²) in [6, 6.07) is 6.45. The number of carbonyl (C=O) groups is 1. The third kappa shape index (κ3) is 3.07. The van der Waals surface area contributed by atoms with E-state index in [1.165, 1.54) is 12.1 Å². The number of likely N-dealkylation sites (N-methyl/N-ethyl adjacent to an activating group) is 1. The summed E-state index contributed by atoms with van der Waals surface area (Å²) in [7, 11) is 1.94. The Morgan fingerprint density at radius 3 is 2.50 bits per heavy atom. The smallest absolute Gasteiger partial charge is 0.310 e. The van der Waals surface area contributed by atoms with E-state index in [1.54, 1.807) is 12.1 Å². The van der Waals surface area contributed by atoms with Gasteiger partial charge >= 0.3 is 5.97 Å². The number of carboxylic acid groups (broad SMARTS) is 1. The van der Waals surface area contributed by atoms with E-state index in [9.17, 15) is 9.18 Å². The molecule has 98 valence electrons. The molecule has 0 spiro atoms. The SMILES string of the molecule is CN(CCc1ccc(F)cc1)CC1(C(=O)O)CC1. The second-order valence-electron chi connectivity index (χ2n) is 5.20. The van der Waals surface area contributed by atoms with E-state index < -0.39 is 11.4 Å². The number of aliphatic carboxylic acids is 1. The number of benzene rings is 1. The van der Waals surface area contributed by atoms with Crippen LogP contribution in [-0.2, 0) is 11.2 Å². The number of nitrogens with zero attached hydrogens (tertiary/aromatic N) is 1. The maximum absolute atomic E-state index is 12.7. The van der Waals surface area contributed by atoms with Crippen molar-refractivity contribution in [2.45, 2.75) is 19.3 Å². The van der Waals surface area contributed by atoms with E-state index in [0.29, 0.717) is 6.54 Å². The van der Waals surface area contributed by atoms with E-state index in [0.717, 1.165) is 31.4 Å². The minimum atomic E-state index is -0.684. The van der Waals surface area contributed by atoms with Crippen LogP contribution in [0.5, 0.6) is 0 Å². The van der Waals surface area contributed by atoms with Gasteiger partial charge in [-0.25, -0.2) is 4.39 Å². The third-order valence-electron chi connectivity index (χ3n) is 3.58. The van der Waals surface area contributed by atoms with E-state index in [4.69, 9.17) is 5.11 Å². The number of hydrogen-bond acceptors (Lipinski definition) is 2. The van der Waals surface area contributed by atoms with Gasteiger partial charge in [0.25, 0.3) is 0 Å². The molecule has 1 aliphatic rings. The van der Waals surface area contributed by atoms with Gasteiger partial charge in [-0.2, -0.15) is 0 Å². The van der Waals surface area contributed by atoms with Crippen molar-refractivity contribution in [3.63, 3.8) is 0 Å². The fraction of sp³-hybridized carbons (Fsp3) is 0.500. The quantitative estimate of drug-likeness (QED) is 0.842. The summed E-state index contributed by atoms with van der Waals surface area (Å²) in [5.41, 5.74) is 0.570. The molecule has 3 nitrogen and oxygen atoms in total. The van der Waals surface area contributed by atoms with Crippen LogP contribution >= 0.6 is 0 Å². The van der Waals surface area contributed by atoms with Gasteiger partial charge in [0, 0.05) is 13.1 Å². The Morgan fingerprint density at radius 1 is 1.39 bits per heavy atom. The highest BCUT2D eigenvalue weighted by Crippen LogP contribution is 2.46. The molecule has 0 unspecified atom stereocenters. The summed E-state index contributed by atoms with van der Waals surface area (Å²) < 4.78 is 12.7. The van der Waals surface area contributed by atoms with Crippen LogP contribution in [-0.4, -0.2) is 36.1 Å². The molecule has 1 fully saturated rings. The molecule has 1 aliphatic carbocycles. The van der Waals surface area contributed by atoms with Crippen LogP contribution in [0.4, 0.5) is 4.39 Å². The normalized spacial score (nSPS) is 16.8. The predicted octanol–water partition coefficient (Wildman–Crippen LogP) is 2.16. The Labute approximate surface area is 106 Å². The second-order valence-corrected chi connectivity index (χ2v) is 5.20. The fourth-order valence-corrected chi connectivity index (χ4v) is 2.16. The van der Waals surface area contributed by atoms with Crippen LogP contribution in [0.2, 0.25) is 0 Å². The number of carboxylic acids is 1. The van der Waals surface area contributed by atoms with Gasteiger partial charge in [0.2, 0.25) is 0 Å². The molecular weight excluding hydrogens is 233 g/mol. The highest BCUT2D eigenvalue weighted by atomic mass is 19.1. The van der Waals surface area contributed by atoms with Gasteiger partial charge < -0.3 is 10.0 Å². The highest BCUT2D eigenvalue weighted by molar-refractivity contribution is 5.78. The molecule has 0 saturated heterocycles. The Kier molecular flexibility index (Phi) is 3.66. The Balaban J connectivity index is 1.80. The molecule has 4 heteroatoms. The third-order valence-corrected chi connectivity index (χ3v) is 3.58. The van der Waals surface area contributed by atoms with Crippen molar-refractivity contribution in [3.05, 3.63) is 35.6 Å². The zero-order valence-electron chi connectivity index (χ0n) is 10.5. The maximum atomic E-state index is 12.7. The molecule has 0 aromatic heterocycles. The molecule has 0 radical (unpaired) electrons. The van der Waals surface area contributed by atoms with Crippen LogP contribution in [0.25, 0.3) is 0 Å². The van der Waals surface area contributed by atoms with Gasteiger partial charge in [-0.1, -0.05) is 12.1 Å². The first-order valence-corrected chi connectivity index (χ1v) is 6.18. The lowest BCUT2D eigenvalue weighted by molar-refractivity contribution is -0.144. The van der Waals surface area contributed by atoms with E-state index >= 15 is 0 Å². The Bertz CT molecular complexity index is 426. The zero-order valence-corrected chi connectivity index (χ0v) is 10.5. The molecule has 1 aromatic carbocycles.